The number of nitrogens with zero attached hydrogens (tertiary/aromatic N) is 3. The van der Waals surface area contributed by atoms with E-state index in [2.05, 4.69) is 15.7 Å². The molecule has 10 nitrogen and oxygen atoms in total. The largest absolute Gasteiger partial charge is 0.344 e. The summed E-state index contributed by atoms with van der Waals surface area (Å²) in [4.78, 5) is 41.1. The van der Waals surface area contributed by atoms with Crippen molar-refractivity contribution in [1.29, 1.82) is 0 Å². The van der Waals surface area contributed by atoms with Crippen molar-refractivity contribution in [2.45, 2.75) is 47.6 Å². The van der Waals surface area contributed by atoms with Crippen LogP contribution in [0.15, 0.2) is 28.3 Å². The molecule has 0 radical (unpaired) electrons. The van der Waals surface area contributed by atoms with E-state index in [9.17, 15) is 22.8 Å². The van der Waals surface area contributed by atoms with Crippen molar-refractivity contribution >= 4 is 39.6 Å². The maximum atomic E-state index is 12.6. The molecule has 1 aliphatic carbocycles. The predicted octanol–water partition coefficient (Wildman–Crippen LogP) is 0.710. The fourth-order valence-corrected chi connectivity index (χ4v) is 4.81. The van der Waals surface area contributed by atoms with E-state index in [1.165, 1.54) is 32.4 Å². The number of pyridine rings is 1. The van der Waals surface area contributed by atoms with Gasteiger partial charge in [0.25, 0.3) is 5.91 Å². The van der Waals surface area contributed by atoms with Gasteiger partial charge in [-0.15, -0.1) is 0 Å². The minimum absolute atomic E-state index is 0.0495. The van der Waals surface area contributed by atoms with Crippen molar-refractivity contribution in [3.63, 3.8) is 0 Å². The first kappa shape index (κ1) is 21.5. The number of amides is 4. The van der Waals surface area contributed by atoms with E-state index in [4.69, 9.17) is 0 Å². The van der Waals surface area contributed by atoms with E-state index >= 15 is 0 Å². The highest BCUT2D eigenvalue weighted by Crippen LogP contribution is 2.33. The highest BCUT2D eigenvalue weighted by Gasteiger charge is 2.52. The molecule has 2 aliphatic rings. The Kier molecular flexibility index (Phi) is 6.15. The smallest absolute Gasteiger partial charge is 0.322 e. The second kappa shape index (κ2) is 8.28. The van der Waals surface area contributed by atoms with Crippen LogP contribution in [0.1, 0.15) is 32.1 Å². The predicted molar refractivity (Wildman–Crippen MR) is 105 cm³/mol. The lowest BCUT2D eigenvalue weighted by Gasteiger charge is -2.30. The molecular formula is C17H23N5O5S2. The number of nitrogens with one attached hydrogen (secondary N) is 2. The van der Waals surface area contributed by atoms with Crippen molar-refractivity contribution < 1.29 is 22.8 Å². The third-order valence-corrected chi connectivity index (χ3v) is 7.69. The summed E-state index contributed by atoms with van der Waals surface area (Å²) >= 11 is 1.07. The first-order valence-electron chi connectivity index (χ1n) is 9.13. The second-order valence-electron chi connectivity index (χ2n) is 7.16. The van der Waals surface area contributed by atoms with Crippen LogP contribution in [-0.4, -0.2) is 65.9 Å². The van der Waals surface area contributed by atoms with Gasteiger partial charge in [0.1, 0.15) is 10.4 Å². The number of imide groups is 1. The molecule has 1 saturated carbocycles. The van der Waals surface area contributed by atoms with E-state index in [0.717, 1.165) is 40.3 Å². The van der Waals surface area contributed by atoms with Gasteiger partial charge in [-0.05, 0) is 25.0 Å². The van der Waals surface area contributed by atoms with Crippen LogP contribution >= 0.6 is 11.8 Å². The summed E-state index contributed by atoms with van der Waals surface area (Å²) in [5.74, 6) is -1.04. The molecule has 2 N–H and O–H groups in total. The van der Waals surface area contributed by atoms with E-state index in [-0.39, 0.29) is 10.6 Å². The Labute approximate surface area is 173 Å². The average Bonchev–Trinajstić information content (AvgIpc) is 2.91. The number of thioether (sulfide) groups is 1. The van der Waals surface area contributed by atoms with Gasteiger partial charge >= 0.3 is 6.03 Å². The molecule has 1 aliphatic heterocycles. The molecule has 3 rings (SSSR count). The minimum Gasteiger partial charge on any atom is -0.322 e. The van der Waals surface area contributed by atoms with Crippen molar-refractivity contribution in [3.8, 4) is 0 Å². The number of carbonyl (C=O) groups excluding carboxylic acids is 3. The highest BCUT2D eigenvalue weighted by atomic mass is 32.2. The van der Waals surface area contributed by atoms with Crippen molar-refractivity contribution in [3.05, 3.63) is 18.3 Å². The third kappa shape index (κ3) is 4.38. The van der Waals surface area contributed by atoms with Crippen molar-refractivity contribution in [1.82, 2.24) is 25.0 Å². The molecule has 0 unspecified atom stereocenters. The fourth-order valence-electron chi connectivity index (χ4n) is 3.33. The molecule has 1 spiro atoms. The average molecular weight is 442 g/mol. The topological polar surface area (TPSA) is 129 Å². The highest BCUT2D eigenvalue weighted by molar-refractivity contribution is 7.99. The van der Waals surface area contributed by atoms with Gasteiger partial charge in [-0.25, -0.2) is 22.5 Å². The van der Waals surface area contributed by atoms with Gasteiger partial charge in [0.2, 0.25) is 15.9 Å². The van der Waals surface area contributed by atoms with E-state index in [1.54, 1.807) is 0 Å². The van der Waals surface area contributed by atoms with Crippen molar-refractivity contribution in [2.24, 2.45) is 0 Å². The van der Waals surface area contributed by atoms with E-state index < -0.39 is 33.4 Å². The molecule has 29 heavy (non-hydrogen) atoms. The summed E-state index contributed by atoms with van der Waals surface area (Å²) in [5.41, 5.74) is 1.45. The molecule has 0 bridgehead atoms. The number of sulfonamides is 1. The molecule has 1 aromatic rings. The number of aromatic nitrogens is 1. The summed E-state index contributed by atoms with van der Waals surface area (Å²) in [5, 5.41) is 3.92. The van der Waals surface area contributed by atoms with Crippen LogP contribution < -0.4 is 10.7 Å². The summed E-state index contributed by atoms with van der Waals surface area (Å²) < 4.78 is 25.1. The third-order valence-electron chi connectivity index (χ3n) is 4.94. The molecular weight excluding hydrogens is 418 g/mol. The summed E-state index contributed by atoms with van der Waals surface area (Å²) in [6.45, 7) is 0. The Morgan fingerprint density at radius 3 is 2.55 bits per heavy atom. The molecule has 0 atom stereocenters. The zero-order valence-electron chi connectivity index (χ0n) is 16.2. The Bertz CT molecular complexity index is 911. The van der Waals surface area contributed by atoms with Crippen LogP contribution in [0, 0.1) is 0 Å². The summed E-state index contributed by atoms with van der Waals surface area (Å²) in [6.07, 6.45) is 5.11. The van der Waals surface area contributed by atoms with Gasteiger partial charge in [0.05, 0.1) is 10.8 Å². The standard InChI is InChI=1S/C17H23N5O5S2/c1-21(2)29(26,27)12-6-7-14(18-10-12)28-11-13(23)20-22-15(24)17(19-16(22)25)8-4-3-5-9-17/h6-7,10H,3-5,8-9,11H2,1-2H3,(H,19,25)(H,20,23). The van der Waals surface area contributed by atoms with Crippen LogP contribution in [-0.2, 0) is 19.6 Å². The first-order valence-corrected chi connectivity index (χ1v) is 11.6. The second-order valence-corrected chi connectivity index (χ2v) is 10.3. The lowest BCUT2D eigenvalue weighted by Crippen LogP contribution is -2.51. The Hall–Kier alpha value is -2.18. The van der Waals surface area contributed by atoms with Crippen LogP contribution in [0.4, 0.5) is 4.79 Å². The Morgan fingerprint density at radius 2 is 1.97 bits per heavy atom. The Morgan fingerprint density at radius 1 is 1.28 bits per heavy atom. The van der Waals surface area contributed by atoms with Crippen LogP contribution in [0.25, 0.3) is 0 Å². The number of rotatable bonds is 6. The molecule has 4 amide bonds. The molecule has 158 valence electrons. The lowest BCUT2D eigenvalue weighted by atomic mass is 9.82. The van der Waals surface area contributed by atoms with Crippen LogP contribution in [0.2, 0.25) is 0 Å². The quantitative estimate of drug-likeness (QED) is 0.491. The number of hydrazine groups is 1. The lowest BCUT2D eigenvalue weighted by molar-refractivity contribution is -0.139. The van der Waals surface area contributed by atoms with Gasteiger partial charge in [-0.3, -0.25) is 15.0 Å². The minimum atomic E-state index is -3.57. The van der Waals surface area contributed by atoms with Crippen molar-refractivity contribution in [2.75, 3.05) is 19.8 Å². The molecule has 0 aromatic carbocycles. The van der Waals surface area contributed by atoms with Gasteiger partial charge in [0, 0.05) is 20.3 Å². The Balaban J connectivity index is 1.56. The maximum Gasteiger partial charge on any atom is 0.344 e. The van der Waals surface area contributed by atoms with Gasteiger partial charge in [-0.2, -0.15) is 5.01 Å². The number of hydrogen-bond donors (Lipinski definition) is 2. The molecule has 1 aromatic heterocycles. The first-order chi connectivity index (χ1) is 13.7. The molecule has 2 fully saturated rings. The van der Waals surface area contributed by atoms with E-state index in [0.29, 0.717) is 17.9 Å². The summed E-state index contributed by atoms with van der Waals surface area (Å²) in [7, 11) is -0.721. The number of carbonyl (C=O) groups is 3. The normalized spacial score (nSPS) is 18.9. The zero-order chi connectivity index (χ0) is 21.2. The van der Waals surface area contributed by atoms with Gasteiger partial charge in [0.15, 0.2) is 0 Å². The van der Waals surface area contributed by atoms with Gasteiger partial charge < -0.3 is 5.32 Å². The number of urea groups is 1. The van der Waals surface area contributed by atoms with Gasteiger partial charge in [-0.1, -0.05) is 31.0 Å². The van der Waals surface area contributed by atoms with Crippen LogP contribution in [0.5, 0.6) is 0 Å². The SMILES string of the molecule is CN(C)S(=O)(=O)c1ccc(SCC(=O)NN2C(=O)NC3(CCCCC3)C2=O)nc1. The fraction of sp³-hybridized carbons (Fsp3) is 0.529. The maximum absolute atomic E-state index is 12.6. The molecule has 2 heterocycles. The van der Waals surface area contributed by atoms with E-state index in [1.807, 2.05) is 0 Å². The zero-order valence-corrected chi connectivity index (χ0v) is 17.8. The molecule has 12 heteroatoms. The monoisotopic (exact) mass is 441 g/mol. The molecule has 1 saturated heterocycles. The summed E-state index contributed by atoms with van der Waals surface area (Å²) in [6, 6.07) is 2.29. The van der Waals surface area contributed by atoms with Crippen LogP contribution in [0.3, 0.4) is 0 Å². The number of hydrogen-bond acceptors (Lipinski definition) is 7.